The monoisotopic (exact) mass is 543 g/mol. The van der Waals surface area contributed by atoms with Crippen LogP contribution in [0.15, 0.2) is 54.6 Å². The van der Waals surface area contributed by atoms with E-state index in [-0.39, 0.29) is 36.8 Å². The van der Waals surface area contributed by atoms with Crippen LogP contribution in [0.1, 0.15) is 50.7 Å². The number of non-ortho nitro benzene ring substituents is 1. The molecule has 0 saturated heterocycles. The lowest BCUT2D eigenvalue weighted by Gasteiger charge is -2.27. The van der Waals surface area contributed by atoms with Crippen LogP contribution in [0.2, 0.25) is 0 Å². The number of carboxylic acid groups (broad SMARTS) is 1. The lowest BCUT2D eigenvalue weighted by molar-refractivity contribution is -0.384. The van der Waals surface area contributed by atoms with Gasteiger partial charge in [-0.15, -0.1) is 0 Å². The maximum atomic E-state index is 13.2. The number of amides is 2. The molecule has 210 valence electrons. The van der Waals surface area contributed by atoms with Gasteiger partial charge in [-0.05, 0) is 30.4 Å². The number of benzene rings is 2. The molecule has 12 heteroatoms. The molecule has 39 heavy (non-hydrogen) atoms. The third-order valence-electron chi connectivity index (χ3n) is 5.72. The molecule has 2 amide bonds. The summed E-state index contributed by atoms with van der Waals surface area (Å²) in [6, 6.07) is 11.2. The topological polar surface area (TPSA) is 174 Å². The molecule has 0 spiro atoms. The van der Waals surface area contributed by atoms with Crippen LogP contribution in [0.5, 0.6) is 0 Å². The Morgan fingerprint density at radius 2 is 1.62 bits per heavy atom. The van der Waals surface area contributed by atoms with Crippen LogP contribution < -0.4 is 10.6 Å². The molecule has 0 aliphatic carbocycles. The van der Waals surface area contributed by atoms with Crippen molar-refractivity contribution < 1.29 is 38.7 Å². The zero-order chi connectivity index (χ0) is 28.9. The average Bonchev–Trinajstić information content (AvgIpc) is 2.89. The van der Waals surface area contributed by atoms with Crippen molar-refractivity contribution >= 4 is 29.6 Å². The average molecular weight is 544 g/mol. The minimum Gasteiger partial charge on any atom is -0.480 e. The Labute approximate surface area is 225 Å². The van der Waals surface area contributed by atoms with Gasteiger partial charge in [0.1, 0.15) is 18.7 Å². The fourth-order valence-corrected chi connectivity index (χ4v) is 3.87. The lowest BCUT2D eigenvalue weighted by Crippen LogP contribution is -2.54. The molecular weight excluding hydrogens is 510 g/mol. The molecule has 3 N–H and O–H groups in total. The van der Waals surface area contributed by atoms with Gasteiger partial charge in [-0.2, -0.15) is 0 Å². The van der Waals surface area contributed by atoms with Gasteiger partial charge in [-0.3, -0.25) is 19.7 Å². The van der Waals surface area contributed by atoms with Gasteiger partial charge in [0, 0.05) is 18.1 Å². The van der Waals surface area contributed by atoms with E-state index in [1.165, 1.54) is 24.3 Å². The first-order chi connectivity index (χ1) is 18.5. The highest BCUT2D eigenvalue weighted by Crippen LogP contribution is 2.27. The summed E-state index contributed by atoms with van der Waals surface area (Å²) in [5.41, 5.74) is 0.796. The molecule has 0 bridgehead atoms. The Hall–Kier alpha value is -4.48. The number of nitrogens with zero attached hydrogens (tertiary/aromatic N) is 1. The molecule has 0 heterocycles. The summed E-state index contributed by atoms with van der Waals surface area (Å²) in [7, 11) is 0. The van der Waals surface area contributed by atoms with Crippen molar-refractivity contribution in [3.8, 4) is 0 Å². The zero-order valence-electron chi connectivity index (χ0n) is 22.0. The second kappa shape index (κ2) is 15.1. The van der Waals surface area contributed by atoms with Crippen molar-refractivity contribution in [3.63, 3.8) is 0 Å². The molecule has 2 aromatic carbocycles. The number of alkyl carbamates (subject to hydrolysis) is 1. The first-order valence-corrected chi connectivity index (χ1v) is 12.4. The summed E-state index contributed by atoms with van der Waals surface area (Å²) in [5, 5.41) is 26.0. The third kappa shape index (κ3) is 10.1. The third-order valence-corrected chi connectivity index (χ3v) is 5.72. The van der Waals surface area contributed by atoms with Crippen LogP contribution >= 0.6 is 0 Å². The Kier molecular flexibility index (Phi) is 11.9. The summed E-state index contributed by atoms with van der Waals surface area (Å²) in [4.78, 5) is 60.7. The van der Waals surface area contributed by atoms with Gasteiger partial charge < -0.3 is 25.2 Å². The number of nitro groups is 1. The van der Waals surface area contributed by atoms with E-state index in [1.54, 1.807) is 31.2 Å². The number of nitro benzene ring substituents is 1. The Morgan fingerprint density at radius 1 is 0.974 bits per heavy atom. The summed E-state index contributed by atoms with van der Waals surface area (Å²) < 4.78 is 10.2. The first-order valence-electron chi connectivity index (χ1n) is 12.4. The number of ether oxygens (including phenoxy) is 2. The zero-order valence-corrected chi connectivity index (χ0v) is 22.0. The van der Waals surface area contributed by atoms with Gasteiger partial charge in [0.2, 0.25) is 5.91 Å². The summed E-state index contributed by atoms with van der Waals surface area (Å²) >= 11 is 0. The van der Waals surface area contributed by atoms with Crippen LogP contribution in [0.4, 0.5) is 10.5 Å². The highest BCUT2D eigenvalue weighted by atomic mass is 16.6. The number of aliphatic carboxylic acids is 1. The van der Waals surface area contributed by atoms with Gasteiger partial charge in [0.15, 0.2) is 0 Å². The Balaban J connectivity index is 2.25. The van der Waals surface area contributed by atoms with Crippen molar-refractivity contribution in [3.05, 3.63) is 75.8 Å². The van der Waals surface area contributed by atoms with Crippen LogP contribution in [-0.4, -0.2) is 52.7 Å². The van der Waals surface area contributed by atoms with E-state index < -0.39 is 53.3 Å². The molecule has 0 saturated carbocycles. The molecule has 0 unspecified atom stereocenters. The van der Waals surface area contributed by atoms with Crippen LogP contribution in [0.3, 0.4) is 0 Å². The number of carboxylic acids is 1. The highest BCUT2D eigenvalue weighted by molar-refractivity contribution is 5.90. The number of hydrogen-bond donors (Lipinski definition) is 3. The van der Waals surface area contributed by atoms with Gasteiger partial charge in [0.25, 0.3) is 5.69 Å². The normalized spacial score (nSPS) is 13.0. The molecular formula is C27H33N3O9. The first kappa shape index (κ1) is 30.7. The molecule has 0 aliphatic rings. The fraction of sp³-hybridized carbons (Fsp3) is 0.407. The molecule has 0 radical (unpaired) electrons. The van der Waals surface area contributed by atoms with Gasteiger partial charge in [-0.1, -0.05) is 56.3 Å². The Bertz CT molecular complexity index is 1140. The van der Waals surface area contributed by atoms with Crippen molar-refractivity contribution in [1.29, 1.82) is 0 Å². The molecule has 12 nitrogen and oxygen atoms in total. The number of carbonyl (C=O) groups is 4. The maximum absolute atomic E-state index is 13.2. The molecule has 0 fully saturated rings. The number of esters is 1. The molecule has 3 atom stereocenters. The minimum atomic E-state index is -1.61. The summed E-state index contributed by atoms with van der Waals surface area (Å²) in [5.74, 6) is -4.10. The predicted molar refractivity (Wildman–Crippen MR) is 140 cm³/mol. The fourth-order valence-electron chi connectivity index (χ4n) is 3.87. The molecule has 2 rings (SSSR count). The van der Waals surface area contributed by atoms with E-state index in [1.807, 2.05) is 19.9 Å². The summed E-state index contributed by atoms with van der Waals surface area (Å²) in [6.07, 6.45) is -1.09. The standard InChI is InChI=1S/C27H33N3O9/c1-4-38-23(31)15-21(19-10-12-20(13-11-19)30(36)37)24(26(33)34)29-25(32)22(14-17(2)3)28-27(35)39-16-18-8-6-5-7-9-18/h5-13,17,21-22,24H,4,14-16H2,1-3H3,(H,28,35)(H,29,32)(H,33,34)/t21-,22-,24+/m0/s1. The van der Waals surface area contributed by atoms with E-state index in [0.29, 0.717) is 0 Å². The number of rotatable bonds is 14. The minimum absolute atomic E-state index is 0.0256. The van der Waals surface area contributed by atoms with Crippen LogP contribution in [-0.2, 0) is 30.5 Å². The number of nitrogens with one attached hydrogen (secondary N) is 2. The second-order valence-corrected chi connectivity index (χ2v) is 9.18. The smallest absolute Gasteiger partial charge is 0.408 e. The van der Waals surface area contributed by atoms with Crippen molar-refractivity contribution in [2.75, 3.05) is 6.61 Å². The lowest BCUT2D eigenvalue weighted by atomic mass is 9.87. The van der Waals surface area contributed by atoms with E-state index in [0.717, 1.165) is 5.56 Å². The van der Waals surface area contributed by atoms with Gasteiger partial charge in [0.05, 0.1) is 18.0 Å². The van der Waals surface area contributed by atoms with Crippen LogP contribution in [0.25, 0.3) is 0 Å². The Morgan fingerprint density at radius 3 is 2.15 bits per heavy atom. The largest absolute Gasteiger partial charge is 0.480 e. The van der Waals surface area contributed by atoms with Gasteiger partial charge in [-0.25, -0.2) is 9.59 Å². The van der Waals surface area contributed by atoms with Crippen molar-refractivity contribution in [2.45, 2.75) is 58.2 Å². The van der Waals surface area contributed by atoms with E-state index >= 15 is 0 Å². The molecule has 2 aromatic rings. The molecule has 0 aliphatic heterocycles. The van der Waals surface area contributed by atoms with Crippen molar-refractivity contribution in [2.24, 2.45) is 5.92 Å². The van der Waals surface area contributed by atoms with E-state index in [2.05, 4.69) is 10.6 Å². The number of hydrogen-bond acceptors (Lipinski definition) is 8. The van der Waals surface area contributed by atoms with Crippen molar-refractivity contribution in [1.82, 2.24) is 10.6 Å². The SMILES string of the molecule is CCOC(=O)C[C@@H](c1ccc([N+](=O)[O-])cc1)[C@@H](NC(=O)[C@H](CC(C)C)NC(=O)OCc1ccccc1)C(=O)O. The maximum Gasteiger partial charge on any atom is 0.408 e. The molecule has 0 aromatic heterocycles. The quantitative estimate of drug-likeness (QED) is 0.183. The van der Waals surface area contributed by atoms with Gasteiger partial charge >= 0.3 is 18.0 Å². The number of carbonyl (C=O) groups excluding carboxylic acids is 3. The second-order valence-electron chi connectivity index (χ2n) is 9.18. The van der Waals surface area contributed by atoms with Crippen LogP contribution in [0, 0.1) is 16.0 Å². The highest BCUT2D eigenvalue weighted by Gasteiger charge is 2.35. The van der Waals surface area contributed by atoms with E-state index in [9.17, 15) is 34.4 Å². The predicted octanol–water partition coefficient (Wildman–Crippen LogP) is 3.54. The summed E-state index contributed by atoms with van der Waals surface area (Å²) in [6.45, 7) is 5.27. The van der Waals surface area contributed by atoms with E-state index in [4.69, 9.17) is 9.47 Å².